The van der Waals surface area contributed by atoms with Crippen molar-refractivity contribution in [2.24, 2.45) is 0 Å². The Labute approximate surface area is 428 Å². The third-order valence-electron chi connectivity index (χ3n) is 18.0. The van der Waals surface area contributed by atoms with Gasteiger partial charge < -0.3 is 4.90 Å². The average Bonchev–Trinajstić information content (AvgIpc) is 3.86. The van der Waals surface area contributed by atoms with Gasteiger partial charge in [-0.15, -0.1) is 0 Å². The molecule has 0 bridgehead atoms. The molecule has 4 aliphatic rings. The second-order valence-corrected chi connectivity index (χ2v) is 24.1. The molecule has 4 aliphatic carbocycles. The maximum Gasteiger partial charge on any atom is 0.0726 e. The zero-order valence-electron chi connectivity index (χ0n) is 43.3. The fourth-order valence-electron chi connectivity index (χ4n) is 13.9. The van der Waals surface area contributed by atoms with Gasteiger partial charge in [0.25, 0.3) is 0 Å². The van der Waals surface area contributed by atoms with E-state index in [2.05, 4.69) is 260 Å². The Bertz CT molecular complexity index is 3570. The molecular formula is C71H65N. The zero-order chi connectivity index (χ0) is 49.4. The van der Waals surface area contributed by atoms with Crippen LogP contribution in [0.4, 0.5) is 17.1 Å². The lowest BCUT2D eigenvalue weighted by Crippen LogP contribution is -2.34. The molecule has 1 heteroatoms. The molecule has 13 rings (SSSR count). The molecule has 0 saturated carbocycles. The first-order chi connectivity index (χ1) is 34.7. The van der Waals surface area contributed by atoms with Crippen LogP contribution in [0.1, 0.15) is 126 Å². The number of nitrogens with zero attached hydrogens (tertiary/aromatic N) is 1. The molecule has 0 N–H and O–H groups in total. The summed E-state index contributed by atoms with van der Waals surface area (Å²) in [6.45, 7) is 19.4. The average molecular weight is 932 g/mol. The van der Waals surface area contributed by atoms with E-state index in [4.69, 9.17) is 0 Å². The van der Waals surface area contributed by atoms with Crippen LogP contribution in [0.25, 0.3) is 55.6 Å². The van der Waals surface area contributed by atoms with Crippen molar-refractivity contribution >= 4 is 17.1 Å². The van der Waals surface area contributed by atoms with E-state index in [0.717, 1.165) is 17.1 Å². The predicted molar refractivity (Wildman–Crippen MR) is 304 cm³/mol. The van der Waals surface area contributed by atoms with E-state index in [9.17, 15) is 0 Å². The molecule has 0 amide bonds. The van der Waals surface area contributed by atoms with Gasteiger partial charge in [0.15, 0.2) is 0 Å². The first kappa shape index (κ1) is 44.7. The highest BCUT2D eigenvalue weighted by Gasteiger charge is 2.52. The van der Waals surface area contributed by atoms with E-state index in [1.807, 2.05) is 0 Å². The Balaban J connectivity index is 1.03. The van der Waals surface area contributed by atoms with E-state index >= 15 is 0 Å². The number of hydrogen-bond donors (Lipinski definition) is 0. The minimum absolute atomic E-state index is 0.0905. The van der Waals surface area contributed by atoms with Crippen LogP contribution in [-0.4, -0.2) is 0 Å². The highest BCUT2D eigenvalue weighted by molar-refractivity contribution is 6.00. The molecule has 1 nitrogen and oxygen atoms in total. The molecule has 1 spiro atoms. The second-order valence-electron chi connectivity index (χ2n) is 24.1. The minimum Gasteiger partial charge on any atom is -0.310 e. The van der Waals surface area contributed by atoms with Crippen LogP contribution < -0.4 is 4.90 Å². The minimum atomic E-state index is -0.482. The summed E-state index contributed by atoms with van der Waals surface area (Å²) in [4.78, 5) is 2.52. The van der Waals surface area contributed by atoms with Gasteiger partial charge in [-0.05, 0) is 178 Å². The van der Waals surface area contributed by atoms with Crippen molar-refractivity contribution in [2.75, 3.05) is 4.90 Å². The second kappa shape index (κ2) is 15.9. The number of para-hydroxylation sites is 1. The maximum atomic E-state index is 2.57. The van der Waals surface area contributed by atoms with Crippen LogP contribution in [0.15, 0.2) is 200 Å². The standard InChI is InChI=1S/C71H65N/c1-67(2)39-40-69(5,6)64-43-49(35-38-61(64)67)46-33-36-51(37-34-46)72(50-19-10-9-11-20-50)65-45-63-57(55-23-14-17-27-60(55)71(63)58-25-15-12-21-53(58)54-22-13-16-26-59(54)71)44-56(65)48-31-29-47(30-32-48)52-24-18-28-62-66(52)70(7,8)42-41-68(62,3)4/h9-38,43-45H,39-42H2,1-8H3. The van der Waals surface area contributed by atoms with Crippen LogP contribution in [-0.2, 0) is 27.1 Å². The lowest BCUT2D eigenvalue weighted by atomic mass is 9.61. The Morgan fingerprint density at radius 1 is 0.278 bits per heavy atom. The van der Waals surface area contributed by atoms with E-state index in [-0.39, 0.29) is 21.7 Å². The lowest BCUT2D eigenvalue weighted by molar-refractivity contribution is 0.332. The molecule has 0 radical (unpaired) electrons. The summed E-state index contributed by atoms with van der Waals surface area (Å²) in [6.07, 6.45) is 4.78. The van der Waals surface area contributed by atoms with Gasteiger partial charge in [-0.2, -0.15) is 0 Å². The van der Waals surface area contributed by atoms with Gasteiger partial charge in [-0.25, -0.2) is 0 Å². The van der Waals surface area contributed by atoms with Crippen LogP contribution in [0.3, 0.4) is 0 Å². The number of hydrogen-bond acceptors (Lipinski definition) is 1. The molecule has 0 fully saturated rings. The summed E-state index contributed by atoms with van der Waals surface area (Å²) in [5, 5.41) is 0. The summed E-state index contributed by atoms with van der Waals surface area (Å²) in [5.74, 6) is 0. The smallest absolute Gasteiger partial charge is 0.0726 e. The summed E-state index contributed by atoms with van der Waals surface area (Å²) in [5.41, 5.74) is 27.6. The van der Waals surface area contributed by atoms with Gasteiger partial charge >= 0.3 is 0 Å². The Morgan fingerprint density at radius 2 is 0.722 bits per heavy atom. The number of anilines is 3. The largest absolute Gasteiger partial charge is 0.310 e. The molecule has 0 atom stereocenters. The van der Waals surface area contributed by atoms with Gasteiger partial charge in [0, 0.05) is 16.9 Å². The van der Waals surface area contributed by atoms with Crippen molar-refractivity contribution in [3.8, 4) is 55.6 Å². The Morgan fingerprint density at radius 3 is 1.33 bits per heavy atom. The molecule has 9 aromatic carbocycles. The Kier molecular flexibility index (Phi) is 9.86. The van der Waals surface area contributed by atoms with Crippen molar-refractivity contribution in [3.05, 3.63) is 245 Å². The zero-order valence-corrected chi connectivity index (χ0v) is 43.3. The lowest BCUT2D eigenvalue weighted by Gasteiger charge is -2.43. The summed E-state index contributed by atoms with van der Waals surface area (Å²) < 4.78 is 0. The van der Waals surface area contributed by atoms with Crippen molar-refractivity contribution in [2.45, 2.75) is 108 Å². The number of benzene rings is 9. The SMILES string of the molecule is CC1(C)CCC(C)(C)c2cc(-c3ccc(N(c4ccccc4)c4cc5c(cc4-c4ccc(-c6cccc7c6C(C)(C)CCC7(C)C)cc4)-c4ccccc4C54c5ccccc5-c5ccccc54)cc3)ccc21. The highest BCUT2D eigenvalue weighted by atomic mass is 15.1. The Hall–Kier alpha value is -7.22. The predicted octanol–water partition coefficient (Wildman–Crippen LogP) is 19.2. The van der Waals surface area contributed by atoms with Crippen LogP contribution in [0, 0.1) is 0 Å². The fraction of sp³-hybridized carbons (Fsp3) is 0.239. The molecule has 0 aliphatic heterocycles. The van der Waals surface area contributed by atoms with Gasteiger partial charge in [0.1, 0.15) is 0 Å². The van der Waals surface area contributed by atoms with E-state index in [1.165, 1.54) is 126 Å². The van der Waals surface area contributed by atoms with Gasteiger partial charge in [-0.3, -0.25) is 0 Å². The van der Waals surface area contributed by atoms with Crippen molar-refractivity contribution in [1.29, 1.82) is 0 Å². The topological polar surface area (TPSA) is 3.24 Å². The number of rotatable bonds is 6. The summed E-state index contributed by atoms with van der Waals surface area (Å²) in [7, 11) is 0. The molecule has 0 unspecified atom stereocenters. The molecule has 354 valence electrons. The normalized spacial score (nSPS) is 17.5. The van der Waals surface area contributed by atoms with E-state index in [0.29, 0.717) is 0 Å². The van der Waals surface area contributed by atoms with Crippen molar-refractivity contribution in [1.82, 2.24) is 0 Å². The van der Waals surface area contributed by atoms with Gasteiger partial charge in [0.05, 0.1) is 11.1 Å². The van der Waals surface area contributed by atoms with E-state index < -0.39 is 5.41 Å². The third kappa shape index (κ3) is 6.58. The first-order valence-corrected chi connectivity index (χ1v) is 26.5. The summed E-state index contributed by atoms with van der Waals surface area (Å²) in [6, 6.07) is 76.9. The third-order valence-corrected chi connectivity index (χ3v) is 18.0. The molecule has 0 aromatic heterocycles. The fourth-order valence-corrected chi connectivity index (χ4v) is 13.9. The monoisotopic (exact) mass is 932 g/mol. The van der Waals surface area contributed by atoms with Crippen LogP contribution in [0.5, 0.6) is 0 Å². The molecule has 0 saturated heterocycles. The van der Waals surface area contributed by atoms with Gasteiger partial charge in [0.2, 0.25) is 0 Å². The van der Waals surface area contributed by atoms with Gasteiger partial charge in [-0.1, -0.05) is 219 Å². The van der Waals surface area contributed by atoms with E-state index in [1.54, 1.807) is 0 Å². The summed E-state index contributed by atoms with van der Waals surface area (Å²) >= 11 is 0. The highest BCUT2D eigenvalue weighted by Crippen LogP contribution is 2.64. The van der Waals surface area contributed by atoms with Crippen LogP contribution >= 0.6 is 0 Å². The van der Waals surface area contributed by atoms with Crippen molar-refractivity contribution in [3.63, 3.8) is 0 Å². The maximum absolute atomic E-state index is 2.57. The molecular weight excluding hydrogens is 867 g/mol. The quantitative estimate of drug-likeness (QED) is 0.161. The molecule has 72 heavy (non-hydrogen) atoms. The van der Waals surface area contributed by atoms with Crippen molar-refractivity contribution < 1.29 is 0 Å². The molecule has 9 aromatic rings. The molecule has 0 heterocycles. The van der Waals surface area contributed by atoms with Crippen LogP contribution in [0.2, 0.25) is 0 Å². The number of fused-ring (bicyclic) bond motifs is 12. The first-order valence-electron chi connectivity index (χ1n) is 26.5.